The summed E-state index contributed by atoms with van der Waals surface area (Å²) in [4.78, 5) is 11.5. The standard InChI is InChI=1S/C11H22N2O2/c1-9(10-5-7-15-8-10)13-11(14)4-2-3-6-12/h9-10H,2-8,12H2,1H3,(H,13,14). The van der Waals surface area contributed by atoms with Crippen molar-refractivity contribution in [3.05, 3.63) is 0 Å². The van der Waals surface area contributed by atoms with Crippen molar-refractivity contribution in [1.29, 1.82) is 0 Å². The van der Waals surface area contributed by atoms with E-state index in [-0.39, 0.29) is 11.9 Å². The molecule has 0 aromatic heterocycles. The molecule has 0 saturated carbocycles. The average Bonchev–Trinajstić information content (AvgIpc) is 2.70. The summed E-state index contributed by atoms with van der Waals surface area (Å²) in [7, 11) is 0. The summed E-state index contributed by atoms with van der Waals surface area (Å²) >= 11 is 0. The minimum atomic E-state index is 0.142. The summed E-state index contributed by atoms with van der Waals surface area (Å²) < 4.78 is 5.29. The van der Waals surface area contributed by atoms with E-state index in [9.17, 15) is 4.79 Å². The molecular weight excluding hydrogens is 192 g/mol. The van der Waals surface area contributed by atoms with Crippen LogP contribution in [0.4, 0.5) is 0 Å². The van der Waals surface area contributed by atoms with E-state index in [1.807, 2.05) is 0 Å². The van der Waals surface area contributed by atoms with Crippen LogP contribution in [0.2, 0.25) is 0 Å². The number of ether oxygens (including phenoxy) is 1. The largest absolute Gasteiger partial charge is 0.381 e. The lowest BCUT2D eigenvalue weighted by molar-refractivity contribution is -0.122. The topological polar surface area (TPSA) is 64.4 Å². The van der Waals surface area contributed by atoms with Gasteiger partial charge in [-0.3, -0.25) is 4.79 Å². The molecule has 1 aliphatic rings. The molecule has 1 heterocycles. The van der Waals surface area contributed by atoms with Crippen molar-refractivity contribution in [1.82, 2.24) is 5.32 Å². The van der Waals surface area contributed by atoms with Gasteiger partial charge in [0.2, 0.25) is 5.91 Å². The molecule has 4 heteroatoms. The predicted octanol–water partition coefficient (Wildman–Crippen LogP) is 0.657. The normalized spacial score (nSPS) is 22.7. The van der Waals surface area contributed by atoms with Crippen LogP contribution >= 0.6 is 0 Å². The van der Waals surface area contributed by atoms with Gasteiger partial charge in [0.1, 0.15) is 0 Å². The lowest BCUT2D eigenvalue weighted by Crippen LogP contribution is -2.38. The molecule has 2 unspecified atom stereocenters. The van der Waals surface area contributed by atoms with Gasteiger partial charge in [0.15, 0.2) is 0 Å². The van der Waals surface area contributed by atoms with Crippen molar-refractivity contribution < 1.29 is 9.53 Å². The molecule has 0 radical (unpaired) electrons. The zero-order valence-electron chi connectivity index (χ0n) is 9.50. The lowest BCUT2D eigenvalue weighted by Gasteiger charge is -2.19. The van der Waals surface area contributed by atoms with Gasteiger partial charge in [-0.05, 0) is 32.7 Å². The predicted molar refractivity (Wildman–Crippen MR) is 59.4 cm³/mol. The van der Waals surface area contributed by atoms with Gasteiger partial charge in [-0.15, -0.1) is 0 Å². The van der Waals surface area contributed by atoms with E-state index in [0.29, 0.717) is 18.9 Å². The third-order valence-corrected chi connectivity index (χ3v) is 2.92. The second-order valence-electron chi connectivity index (χ2n) is 4.23. The number of nitrogens with two attached hydrogens (primary N) is 1. The van der Waals surface area contributed by atoms with Gasteiger partial charge in [0.05, 0.1) is 6.61 Å². The molecule has 0 bridgehead atoms. The molecule has 2 atom stereocenters. The summed E-state index contributed by atoms with van der Waals surface area (Å²) in [5.41, 5.74) is 5.37. The first-order valence-electron chi connectivity index (χ1n) is 5.81. The smallest absolute Gasteiger partial charge is 0.220 e. The molecule has 1 aliphatic heterocycles. The zero-order chi connectivity index (χ0) is 11.1. The van der Waals surface area contributed by atoms with E-state index in [1.165, 1.54) is 0 Å². The van der Waals surface area contributed by atoms with Gasteiger partial charge in [-0.1, -0.05) is 0 Å². The molecule has 4 nitrogen and oxygen atoms in total. The van der Waals surface area contributed by atoms with Crippen LogP contribution in [-0.4, -0.2) is 31.7 Å². The van der Waals surface area contributed by atoms with Gasteiger partial charge in [-0.2, -0.15) is 0 Å². The second kappa shape index (κ2) is 6.80. The van der Waals surface area contributed by atoms with Gasteiger partial charge >= 0.3 is 0 Å². The minimum Gasteiger partial charge on any atom is -0.381 e. The van der Waals surface area contributed by atoms with E-state index < -0.39 is 0 Å². The van der Waals surface area contributed by atoms with Crippen LogP contribution in [0.5, 0.6) is 0 Å². The SMILES string of the molecule is CC(NC(=O)CCCCN)C1CCOC1. The summed E-state index contributed by atoms with van der Waals surface area (Å²) in [6.07, 6.45) is 3.46. The number of rotatable bonds is 6. The molecule has 1 saturated heterocycles. The summed E-state index contributed by atoms with van der Waals surface area (Å²) in [6.45, 7) is 4.34. The third kappa shape index (κ3) is 4.62. The Hall–Kier alpha value is -0.610. The summed E-state index contributed by atoms with van der Waals surface area (Å²) in [5, 5.41) is 3.02. The van der Waals surface area contributed by atoms with E-state index >= 15 is 0 Å². The van der Waals surface area contributed by atoms with Crippen molar-refractivity contribution in [2.45, 2.75) is 38.6 Å². The molecule has 3 N–H and O–H groups in total. The molecule has 15 heavy (non-hydrogen) atoms. The quantitative estimate of drug-likeness (QED) is 0.638. The van der Waals surface area contributed by atoms with Gasteiger partial charge in [-0.25, -0.2) is 0 Å². The molecule has 1 rings (SSSR count). The zero-order valence-corrected chi connectivity index (χ0v) is 9.50. The number of carbonyl (C=O) groups excluding carboxylic acids is 1. The Labute approximate surface area is 91.5 Å². The van der Waals surface area contributed by atoms with Crippen LogP contribution in [0, 0.1) is 5.92 Å². The number of unbranched alkanes of at least 4 members (excludes halogenated alkanes) is 1. The number of hydrogen-bond acceptors (Lipinski definition) is 3. The highest BCUT2D eigenvalue weighted by molar-refractivity contribution is 5.76. The number of carbonyl (C=O) groups is 1. The van der Waals surface area contributed by atoms with Gasteiger partial charge in [0.25, 0.3) is 0 Å². The van der Waals surface area contributed by atoms with Crippen LogP contribution in [-0.2, 0) is 9.53 Å². The van der Waals surface area contributed by atoms with Crippen LogP contribution in [0.25, 0.3) is 0 Å². The monoisotopic (exact) mass is 214 g/mol. The fourth-order valence-electron chi connectivity index (χ4n) is 1.82. The van der Waals surface area contributed by atoms with Crippen LogP contribution in [0.1, 0.15) is 32.6 Å². The van der Waals surface area contributed by atoms with E-state index in [4.69, 9.17) is 10.5 Å². The Balaban J connectivity index is 2.13. The van der Waals surface area contributed by atoms with Crippen molar-refractivity contribution in [3.8, 4) is 0 Å². The first-order valence-corrected chi connectivity index (χ1v) is 5.81. The van der Waals surface area contributed by atoms with E-state index in [0.717, 1.165) is 32.5 Å². The molecule has 0 aromatic carbocycles. The van der Waals surface area contributed by atoms with Gasteiger partial charge in [0, 0.05) is 25.0 Å². The summed E-state index contributed by atoms with van der Waals surface area (Å²) in [6, 6.07) is 0.234. The fourth-order valence-corrected chi connectivity index (χ4v) is 1.82. The molecule has 1 amide bonds. The Morgan fingerprint density at radius 3 is 3.00 bits per heavy atom. The Morgan fingerprint density at radius 2 is 2.40 bits per heavy atom. The highest BCUT2D eigenvalue weighted by Gasteiger charge is 2.23. The third-order valence-electron chi connectivity index (χ3n) is 2.92. The Bertz CT molecular complexity index is 191. The first kappa shape index (κ1) is 12.5. The van der Waals surface area contributed by atoms with Crippen LogP contribution in [0.3, 0.4) is 0 Å². The molecule has 1 fully saturated rings. The maximum Gasteiger partial charge on any atom is 0.220 e. The Morgan fingerprint density at radius 1 is 1.60 bits per heavy atom. The number of nitrogens with one attached hydrogen (secondary N) is 1. The molecule has 0 spiro atoms. The number of hydrogen-bond donors (Lipinski definition) is 2. The Kier molecular flexibility index (Phi) is 5.65. The van der Waals surface area contributed by atoms with Crippen LogP contribution < -0.4 is 11.1 Å². The van der Waals surface area contributed by atoms with E-state index in [1.54, 1.807) is 0 Å². The van der Waals surface area contributed by atoms with Gasteiger partial charge < -0.3 is 15.8 Å². The highest BCUT2D eigenvalue weighted by atomic mass is 16.5. The summed E-state index contributed by atoms with van der Waals surface area (Å²) in [5.74, 6) is 0.631. The van der Waals surface area contributed by atoms with Crippen molar-refractivity contribution in [2.75, 3.05) is 19.8 Å². The second-order valence-corrected chi connectivity index (χ2v) is 4.23. The maximum absolute atomic E-state index is 11.5. The number of amides is 1. The lowest BCUT2D eigenvalue weighted by atomic mass is 10.0. The molecular formula is C11H22N2O2. The molecule has 0 aliphatic carbocycles. The molecule has 0 aromatic rings. The van der Waals surface area contributed by atoms with Crippen molar-refractivity contribution >= 4 is 5.91 Å². The minimum absolute atomic E-state index is 0.142. The van der Waals surface area contributed by atoms with Crippen molar-refractivity contribution in [3.63, 3.8) is 0 Å². The van der Waals surface area contributed by atoms with E-state index in [2.05, 4.69) is 12.2 Å². The van der Waals surface area contributed by atoms with Crippen LogP contribution in [0.15, 0.2) is 0 Å². The average molecular weight is 214 g/mol. The molecule has 88 valence electrons. The first-order chi connectivity index (χ1) is 7.24. The fraction of sp³-hybridized carbons (Fsp3) is 0.909. The maximum atomic E-state index is 11.5. The highest BCUT2D eigenvalue weighted by Crippen LogP contribution is 2.16. The van der Waals surface area contributed by atoms with Crippen molar-refractivity contribution in [2.24, 2.45) is 11.7 Å².